The number of aromatic nitrogens is 2. The molecule has 0 bridgehead atoms. The summed E-state index contributed by atoms with van der Waals surface area (Å²) in [5.74, 6) is 0.00560. The molecular weight excluding hydrogens is 460 g/mol. The highest BCUT2D eigenvalue weighted by molar-refractivity contribution is 7.20. The van der Waals surface area contributed by atoms with Gasteiger partial charge in [0, 0.05) is 34.5 Å². The number of hydrogen-bond acceptors (Lipinski definition) is 5. The van der Waals surface area contributed by atoms with Gasteiger partial charge in [0.15, 0.2) is 0 Å². The van der Waals surface area contributed by atoms with Gasteiger partial charge in [-0.15, -0.1) is 17.9 Å². The zero-order chi connectivity index (χ0) is 24.4. The largest absolute Gasteiger partial charge is 0.507 e. The second-order valence-electron chi connectivity index (χ2n) is 8.66. The molecule has 7 nitrogen and oxygen atoms in total. The number of nitrogens with zero attached hydrogens (tertiary/aromatic N) is 2. The Kier molecular flexibility index (Phi) is 6.37. The van der Waals surface area contributed by atoms with E-state index in [1.807, 2.05) is 36.4 Å². The van der Waals surface area contributed by atoms with Gasteiger partial charge < -0.3 is 15.7 Å². The first-order valence-corrected chi connectivity index (χ1v) is 12.5. The van der Waals surface area contributed by atoms with E-state index in [-0.39, 0.29) is 23.6 Å². The van der Waals surface area contributed by atoms with Crippen LogP contribution in [0.5, 0.6) is 5.75 Å². The highest BCUT2D eigenvalue weighted by Gasteiger charge is 2.26. The van der Waals surface area contributed by atoms with Crippen LogP contribution in [-0.4, -0.2) is 33.4 Å². The number of anilines is 1. The maximum absolute atomic E-state index is 12.8. The summed E-state index contributed by atoms with van der Waals surface area (Å²) in [4.78, 5) is 26.1. The fraction of sp³-hybridized carbons (Fsp3) is 0.222. The van der Waals surface area contributed by atoms with Crippen molar-refractivity contribution in [3.63, 3.8) is 0 Å². The van der Waals surface area contributed by atoms with Gasteiger partial charge in [0.05, 0.1) is 16.3 Å². The standard InChI is InChI=1S/C27H26N4O3S/c1-2-13-28-27(34)31-22(17-7-3-4-8-17)16-21(30-31)20-12-11-19(15-23(20)32)29-26(33)25-14-18-9-5-6-10-24(18)35-25/h2,5-6,9-12,14-17,32H,1,3-4,7-8,13H2,(H,28,34)(H,29,33). The second-order valence-corrected chi connectivity index (χ2v) is 9.74. The first-order valence-electron chi connectivity index (χ1n) is 11.7. The highest BCUT2D eigenvalue weighted by Crippen LogP contribution is 2.38. The number of hydrogen-bond donors (Lipinski definition) is 3. The van der Waals surface area contributed by atoms with Crippen molar-refractivity contribution >= 4 is 39.0 Å². The molecule has 4 aromatic rings. The van der Waals surface area contributed by atoms with Crippen LogP contribution in [0.1, 0.15) is 47.0 Å². The second kappa shape index (κ2) is 9.76. The minimum absolute atomic E-state index is 0.0201. The lowest BCUT2D eigenvalue weighted by molar-refractivity contribution is 0.103. The molecule has 0 radical (unpaired) electrons. The summed E-state index contributed by atoms with van der Waals surface area (Å²) >= 11 is 1.42. The van der Waals surface area contributed by atoms with Gasteiger partial charge in [0.1, 0.15) is 5.75 Å². The summed E-state index contributed by atoms with van der Waals surface area (Å²) in [5, 5.41) is 22.0. The molecule has 2 aromatic heterocycles. The summed E-state index contributed by atoms with van der Waals surface area (Å²) in [7, 11) is 0. The molecule has 2 heterocycles. The summed E-state index contributed by atoms with van der Waals surface area (Å²) in [6.07, 6.45) is 5.89. The molecule has 0 saturated heterocycles. The minimum Gasteiger partial charge on any atom is -0.507 e. The molecule has 1 fully saturated rings. The molecule has 0 aliphatic heterocycles. The lowest BCUT2D eigenvalue weighted by atomic mass is 10.0. The number of phenols is 1. The molecule has 1 aliphatic carbocycles. The summed E-state index contributed by atoms with van der Waals surface area (Å²) in [6.45, 7) is 3.99. The lowest BCUT2D eigenvalue weighted by Gasteiger charge is -2.11. The van der Waals surface area contributed by atoms with E-state index in [2.05, 4.69) is 22.3 Å². The van der Waals surface area contributed by atoms with Crippen molar-refractivity contribution in [2.75, 3.05) is 11.9 Å². The molecule has 3 N–H and O–H groups in total. The Hall–Kier alpha value is -3.91. The number of thiophene rings is 1. The third-order valence-corrected chi connectivity index (χ3v) is 7.40. The lowest BCUT2D eigenvalue weighted by Crippen LogP contribution is -2.31. The van der Waals surface area contributed by atoms with Crippen molar-refractivity contribution in [1.29, 1.82) is 0 Å². The molecule has 8 heteroatoms. The fourth-order valence-electron chi connectivity index (χ4n) is 4.55. The van der Waals surface area contributed by atoms with Gasteiger partial charge in [-0.25, -0.2) is 4.79 Å². The Morgan fingerprint density at radius 1 is 1.14 bits per heavy atom. The molecule has 2 amide bonds. The van der Waals surface area contributed by atoms with E-state index >= 15 is 0 Å². The number of phenolic OH excluding ortho intramolecular Hbond substituents is 1. The summed E-state index contributed by atoms with van der Waals surface area (Å²) in [5.41, 5.74) is 2.34. The third-order valence-electron chi connectivity index (χ3n) is 6.28. The average molecular weight is 487 g/mol. The molecular formula is C27H26N4O3S. The van der Waals surface area contributed by atoms with E-state index < -0.39 is 0 Å². The van der Waals surface area contributed by atoms with Crippen molar-refractivity contribution in [2.24, 2.45) is 0 Å². The van der Waals surface area contributed by atoms with Crippen molar-refractivity contribution in [3.05, 3.63) is 77.8 Å². The molecule has 0 spiro atoms. The quantitative estimate of drug-likeness (QED) is 0.286. The van der Waals surface area contributed by atoms with Crippen molar-refractivity contribution in [2.45, 2.75) is 31.6 Å². The van der Waals surface area contributed by atoms with Gasteiger partial charge >= 0.3 is 6.03 Å². The van der Waals surface area contributed by atoms with Crippen LogP contribution in [0, 0.1) is 0 Å². The number of amides is 2. The molecule has 5 rings (SSSR count). The molecule has 1 saturated carbocycles. The van der Waals surface area contributed by atoms with Crippen LogP contribution in [0.2, 0.25) is 0 Å². The Bertz CT molecular complexity index is 1380. The number of aromatic hydroxyl groups is 1. The maximum Gasteiger partial charge on any atom is 0.342 e. The SMILES string of the molecule is C=CCNC(=O)n1nc(-c2ccc(NC(=O)c3cc4ccccc4s3)cc2O)cc1C1CCCC1. The fourth-order valence-corrected chi connectivity index (χ4v) is 5.51. The molecule has 35 heavy (non-hydrogen) atoms. The predicted octanol–water partition coefficient (Wildman–Crippen LogP) is 6.12. The highest BCUT2D eigenvalue weighted by atomic mass is 32.1. The van der Waals surface area contributed by atoms with Gasteiger partial charge in [-0.2, -0.15) is 9.78 Å². The Labute approximate surface area is 207 Å². The van der Waals surface area contributed by atoms with Gasteiger partial charge in [0.2, 0.25) is 0 Å². The first-order chi connectivity index (χ1) is 17.0. The topological polar surface area (TPSA) is 96.3 Å². The molecule has 178 valence electrons. The van der Waals surface area contributed by atoms with E-state index in [1.54, 1.807) is 18.2 Å². The number of carbonyl (C=O) groups is 2. The zero-order valence-electron chi connectivity index (χ0n) is 19.2. The Morgan fingerprint density at radius 2 is 1.94 bits per heavy atom. The molecule has 2 aromatic carbocycles. The third kappa shape index (κ3) is 4.70. The van der Waals surface area contributed by atoms with Gasteiger partial charge in [0.25, 0.3) is 5.91 Å². The monoisotopic (exact) mass is 486 g/mol. The van der Waals surface area contributed by atoms with Crippen LogP contribution >= 0.6 is 11.3 Å². The van der Waals surface area contributed by atoms with Crippen LogP contribution in [0.15, 0.2) is 67.3 Å². The van der Waals surface area contributed by atoms with Gasteiger partial charge in [-0.3, -0.25) is 4.79 Å². The average Bonchev–Trinajstić information content (AvgIpc) is 3.61. The zero-order valence-corrected chi connectivity index (χ0v) is 20.0. The normalized spacial score (nSPS) is 13.7. The number of benzene rings is 2. The molecule has 0 unspecified atom stereocenters. The predicted molar refractivity (Wildman–Crippen MR) is 139 cm³/mol. The number of fused-ring (bicyclic) bond motifs is 1. The number of nitrogens with one attached hydrogen (secondary N) is 2. The number of carbonyl (C=O) groups excluding carboxylic acids is 2. The number of rotatable bonds is 6. The van der Waals surface area contributed by atoms with Crippen LogP contribution in [0.3, 0.4) is 0 Å². The van der Waals surface area contributed by atoms with Crippen molar-refractivity contribution in [3.8, 4) is 17.0 Å². The van der Waals surface area contributed by atoms with E-state index in [1.165, 1.54) is 22.1 Å². The van der Waals surface area contributed by atoms with Gasteiger partial charge in [-0.05, 0) is 48.6 Å². The van der Waals surface area contributed by atoms with Gasteiger partial charge in [-0.1, -0.05) is 37.1 Å². The Balaban J connectivity index is 1.40. The van der Waals surface area contributed by atoms with Crippen LogP contribution in [-0.2, 0) is 0 Å². The van der Waals surface area contributed by atoms with E-state index in [9.17, 15) is 14.7 Å². The maximum atomic E-state index is 12.8. The van der Waals surface area contributed by atoms with E-state index in [4.69, 9.17) is 0 Å². The van der Waals surface area contributed by atoms with Crippen LogP contribution in [0.25, 0.3) is 21.3 Å². The molecule has 1 aliphatic rings. The smallest absolute Gasteiger partial charge is 0.342 e. The molecule has 0 atom stereocenters. The van der Waals surface area contributed by atoms with Crippen molar-refractivity contribution in [1.82, 2.24) is 15.1 Å². The summed E-state index contributed by atoms with van der Waals surface area (Å²) < 4.78 is 2.45. The summed E-state index contributed by atoms with van der Waals surface area (Å²) in [6, 6.07) is 16.2. The first kappa shape index (κ1) is 22.9. The van der Waals surface area contributed by atoms with Crippen LogP contribution < -0.4 is 10.6 Å². The van der Waals surface area contributed by atoms with Crippen molar-refractivity contribution < 1.29 is 14.7 Å². The minimum atomic E-state index is -0.315. The van der Waals surface area contributed by atoms with Crippen LogP contribution in [0.4, 0.5) is 10.5 Å². The van der Waals surface area contributed by atoms with E-state index in [0.29, 0.717) is 28.4 Å². The Morgan fingerprint density at radius 3 is 2.69 bits per heavy atom. The van der Waals surface area contributed by atoms with E-state index in [0.717, 1.165) is 41.5 Å².